The first-order valence-corrected chi connectivity index (χ1v) is 9.67. The Hall–Kier alpha value is 0.999. The van der Waals surface area contributed by atoms with Gasteiger partial charge in [-0.2, -0.15) is 0 Å². The van der Waals surface area contributed by atoms with Crippen LogP contribution in [0, 0.1) is 0 Å². The Labute approximate surface area is 67.5 Å². The molecule has 0 bridgehead atoms. The van der Waals surface area contributed by atoms with E-state index < -0.39 is 0 Å². The van der Waals surface area contributed by atoms with E-state index in [9.17, 15) is 0 Å². The molecule has 0 unspecified atom stereocenters. The van der Waals surface area contributed by atoms with Crippen LogP contribution >= 0.6 is 0 Å². The number of aliphatic hydroxyl groups excluding tert-OH is 1. The zero-order valence-electron chi connectivity index (χ0n) is 5.38. The van der Waals surface area contributed by atoms with Crippen LogP contribution in [0.4, 0.5) is 0 Å². The Kier molecular flexibility index (Phi) is 4.28. The van der Waals surface area contributed by atoms with Crippen LogP contribution in [0.1, 0.15) is 25.7 Å². The van der Waals surface area contributed by atoms with Gasteiger partial charge >= 0.3 is 67.4 Å². The van der Waals surface area contributed by atoms with Crippen LogP contribution in [0.5, 0.6) is 0 Å². The third-order valence-electron chi connectivity index (χ3n) is 1.33. The van der Waals surface area contributed by atoms with Crippen LogP contribution in [0.3, 0.4) is 0 Å². The van der Waals surface area contributed by atoms with E-state index in [1.807, 2.05) is 0 Å². The second kappa shape index (κ2) is 4.76. The van der Waals surface area contributed by atoms with E-state index in [2.05, 4.69) is 0 Å². The Bertz CT molecular complexity index is 73.5. The van der Waals surface area contributed by atoms with Crippen molar-refractivity contribution >= 4 is 26.3 Å². The maximum atomic E-state index is 8.45. The molecule has 3 heteroatoms. The molecule has 1 aliphatic heterocycles. The molecular weight excluding hydrogens is 246 g/mol. The first-order valence-electron chi connectivity index (χ1n) is 3.36. The molecule has 1 aliphatic rings. The molecule has 0 amide bonds. The third kappa shape index (κ3) is 4.41. The van der Waals surface area contributed by atoms with Gasteiger partial charge in [0, 0.05) is 0 Å². The molecule has 1 saturated heterocycles. The van der Waals surface area contributed by atoms with Crippen LogP contribution in [-0.4, -0.2) is 38.0 Å². The molecule has 0 atom stereocenters. The second-order valence-corrected chi connectivity index (χ2v) is 11.1. The average Bonchev–Trinajstić information content (AvgIpc) is 2.63. The predicted octanol–water partition coefficient (Wildman–Crippen LogP) is 0.622. The minimum absolute atomic E-state index is 0.390. The summed E-state index contributed by atoms with van der Waals surface area (Å²) in [6.45, 7) is 0.390. The van der Waals surface area contributed by atoms with Crippen molar-refractivity contribution in [3.8, 4) is 0 Å². The summed E-state index contributed by atoms with van der Waals surface area (Å²) >= 11 is 2.18. The fraction of sp³-hybridized carbons (Fsp3) is 1.00. The topological polar surface area (TPSA) is 20.2 Å². The Morgan fingerprint density at radius 1 is 1.11 bits per heavy atom. The Morgan fingerprint density at radius 3 is 2.44 bits per heavy atom. The quantitative estimate of drug-likeness (QED) is 0.566. The van der Waals surface area contributed by atoms with Gasteiger partial charge in [-0.1, -0.05) is 0 Å². The van der Waals surface area contributed by atoms with Gasteiger partial charge in [0.1, 0.15) is 0 Å². The fourth-order valence-corrected chi connectivity index (χ4v) is 4.96. The van der Waals surface area contributed by atoms with Crippen LogP contribution in [0.15, 0.2) is 0 Å². The zero-order valence-corrected chi connectivity index (χ0v) is 8.80. The predicted molar refractivity (Wildman–Crippen MR) is 40.8 cm³/mol. The summed E-state index contributed by atoms with van der Waals surface area (Å²) in [5.41, 5.74) is 0. The summed E-state index contributed by atoms with van der Waals surface area (Å²) < 4.78 is 1.20. The molecule has 0 saturated carbocycles. The third-order valence-corrected chi connectivity index (χ3v) is 8.36. The molecule has 1 heterocycles. The number of unbranched alkanes of at least 4 members (excludes halogenated alkanes) is 2. The van der Waals surface area contributed by atoms with Crippen molar-refractivity contribution in [2.45, 2.75) is 29.4 Å². The van der Waals surface area contributed by atoms with Crippen LogP contribution in [-0.2, 0) is 0 Å². The molecule has 0 aromatic heterocycles. The molecule has 9 heavy (non-hydrogen) atoms. The zero-order chi connectivity index (χ0) is 6.53. The summed E-state index contributed by atoms with van der Waals surface area (Å²) in [5, 5.41) is 8.45. The summed E-state index contributed by atoms with van der Waals surface area (Å²) in [4.78, 5) is 0. The van der Waals surface area contributed by atoms with Crippen molar-refractivity contribution in [2.75, 3.05) is 6.61 Å². The van der Waals surface area contributed by atoms with E-state index in [0.717, 1.165) is 32.7 Å². The number of hydrogen-bond acceptors (Lipinski definition) is 1. The van der Waals surface area contributed by atoms with Gasteiger partial charge in [-0.25, -0.2) is 0 Å². The Balaban J connectivity index is 1.71. The molecule has 0 aliphatic carbocycles. The fourth-order valence-electron chi connectivity index (χ4n) is 0.735. The number of hydrogen-bond donors (Lipinski definition) is 1. The monoisotopic (exact) mass is 260 g/mol. The van der Waals surface area contributed by atoms with Gasteiger partial charge in [-0.3, -0.25) is 0 Å². The molecule has 0 radical (unpaired) electrons. The average molecular weight is 258 g/mol. The molecule has 0 aromatic rings. The van der Waals surface area contributed by atoms with Gasteiger partial charge in [0.05, 0.1) is 0 Å². The number of aliphatic hydroxyl groups is 1. The van der Waals surface area contributed by atoms with Gasteiger partial charge in [0.15, 0.2) is 0 Å². The number of rotatable bonds is 5. The van der Waals surface area contributed by atoms with Crippen LogP contribution < -0.4 is 0 Å². The van der Waals surface area contributed by atoms with Crippen LogP contribution in [0.25, 0.3) is 0 Å². The van der Waals surface area contributed by atoms with Crippen molar-refractivity contribution in [1.82, 2.24) is 0 Å². The van der Waals surface area contributed by atoms with E-state index >= 15 is 0 Å². The molecular formula is C6H12OSe2. The summed E-state index contributed by atoms with van der Waals surface area (Å²) in [6.07, 6.45) is 5.11. The molecule has 1 rings (SSSR count). The maximum absolute atomic E-state index is 8.45. The van der Waals surface area contributed by atoms with Gasteiger partial charge in [0.2, 0.25) is 0 Å². The van der Waals surface area contributed by atoms with E-state index in [1.54, 1.807) is 0 Å². The first-order chi connectivity index (χ1) is 4.43. The van der Waals surface area contributed by atoms with E-state index in [0.29, 0.717) is 6.61 Å². The van der Waals surface area contributed by atoms with Crippen molar-refractivity contribution in [1.29, 1.82) is 0 Å². The van der Waals surface area contributed by atoms with Crippen molar-refractivity contribution < 1.29 is 5.11 Å². The molecule has 54 valence electrons. The molecule has 1 nitrogen and oxygen atoms in total. The summed E-state index contributed by atoms with van der Waals surface area (Å²) in [7, 11) is 0. The van der Waals surface area contributed by atoms with Crippen LogP contribution in [0.2, 0.25) is 3.71 Å². The summed E-state index contributed by atoms with van der Waals surface area (Å²) in [5.74, 6) is 0. The standard InChI is InChI=1S/C6H12OSe2/c7-5-3-1-2-4-6-8-9-6/h6-7H,1-5H2. The first kappa shape index (κ1) is 8.10. The van der Waals surface area contributed by atoms with Crippen molar-refractivity contribution in [2.24, 2.45) is 0 Å². The van der Waals surface area contributed by atoms with Crippen molar-refractivity contribution in [3.05, 3.63) is 0 Å². The second-order valence-electron chi connectivity index (χ2n) is 2.19. The SMILES string of the molecule is OCCCCCC1[Se][Se]1. The van der Waals surface area contributed by atoms with Gasteiger partial charge < -0.3 is 0 Å². The van der Waals surface area contributed by atoms with E-state index in [4.69, 9.17) is 5.11 Å². The normalized spacial score (nSPS) is 18.3. The minimum atomic E-state index is 0.390. The molecule has 1 fully saturated rings. The Morgan fingerprint density at radius 2 is 1.89 bits per heavy atom. The van der Waals surface area contributed by atoms with Gasteiger partial charge in [-0.15, -0.1) is 0 Å². The van der Waals surface area contributed by atoms with Gasteiger partial charge in [0.25, 0.3) is 0 Å². The van der Waals surface area contributed by atoms with Crippen molar-refractivity contribution in [3.63, 3.8) is 0 Å². The molecule has 0 spiro atoms. The van der Waals surface area contributed by atoms with E-state index in [-0.39, 0.29) is 0 Å². The molecule has 1 N–H and O–H groups in total. The van der Waals surface area contributed by atoms with E-state index in [1.165, 1.54) is 23.0 Å². The summed E-state index contributed by atoms with van der Waals surface area (Å²) in [6, 6.07) is 0. The molecule has 0 aromatic carbocycles. The van der Waals surface area contributed by atoms with Gasteiger partial charge in [-0.05, 0) is 0 Å².